The molecule has 1 amide bonds. The molecule has 2 aromatic rings. The highest BCUT2D eigenvalue weighted by Crippen LogP contribution is 2.25. The normalized spacial score (nSPS) is 12.5. The van der Waals surface area contributed by atoms with Crippen LogP contribution < -0.4 is 0 Å². The number of aryl methyl sites for hydroxylation is 1. The van der Waals surface area contributed by atoms with Crippen LogP contribution in [0.1, 0.15) is 43.6 Å². The van der Waals surface area contributed by atoms with E-state index in [-0.39, 0.29) is 17.6 Å². The Morgan fingerprint density at radius 1 is 1.39 bits per heavy atom. The molecule has 1 aromatic heterocycles. The third-order valence-electron chi connectivity index (χ3n) is 4.53. The van der Waals surface area contributed by atoms with E-state index in [4.69, 9.17) is 11.6 Å². The number of aromatic nitrogens is 2. The van der Waals surface area contributed by atoms with Crippen LogP contribution >= 0.6 is 11.6 Å². The van der Waals surface area contributed by atoms with Gasteiger partial charge >= 0.3 is 0 Å². The summed E-state index contributed by atoms with van der Waals surface area (Å²) < 4.78 is 1.74. The van der Waals surface area contributed by atoms with E-state index in [0.717, 1.165) is 5.69 Å². The van der Waals surface area contributed by atoms with Crippen LogP contribution in [-0.4, -0.2) is 32.6 Å². The molecule has 0 bridgehead atoms. The predicted molar refractivity (Wildman–Crippen MR) is 110 cm³/mol. The third-order valence-corrected chi connectivity index (χ3v) is 4.93. The molecule has 7 nitrogen and oxygen atoms in total. The maximum absolute atomic E-state index is 12.6. The van der Waals surface area contributed by atoms with Crippen LogP contribution in [0.2, 0.25) is 5.15 Å². The van der Waals surface area contributed by atoms with Gasteiger partial charge in [0.05, 0.1) is 16.7 Å². The van der Waals surface area contributed by atoms with Crippen molar-refractivity contribution in [3.8, 4) is 0 Å². The Balaban J connectivity index is 2.17. The van der Waals surface area contributed by atoms with Gasteiger partial charge in [0, 0.05) is 37.4 Å². The summed E-state index contributed by atoms with van der Waals surface area (Å²) >= 11 is 6.40. The SMILES string of the molecule is Cc1nn(CC(C)C)c(Cl)c1/C=C/C(=O)N(C)[C@@H](C)c1cccc([N+](=O)[O-])c1. The van der Waals surface area contributed by atoms with Crippen molar-refractivity contribution in [3.05, 3.63) is 62.4 Å². The second kappa shape index (κ2) is 9.01. The van der Waals surface area contributed by atoms with Crippen LogP contribution in [-0.2, 0) is 11.3 Å². The van der Waals surface area contributed by atoms with Crippen LogP contribution in [0.3, 0.4) is 0 Å². The van der Waals surface area contributed by atoms with Gasteiger partial charge in [-0.15, -0.1) is 0 Å². The smallest absolute Gasteiger partial charge is 0.269 e. The van der Waals surface area contributed by atoms with Crippen molar-refractivity contribution in [3.63, 3.8) is 0 Å². The Bertz CT molecular complexity index is 905. The summed E-state index contributed by atoms with van der Waals surface area (Å²) in [5.41, 5.74) is 2.16. The van der Waals surface area contributed by atoms with Gasteiger partial charge in [-0.2, -0.15) is 5.10 Å². The van der Waals surface area contributed by atoms with Gasteiger partial charge in [0.2, 0.25) is 5.91 Å². The first-order chi connectivity index (χ1) is 13.1. The Hall–Kier alpha value is -2.67. The molecular formula is C20H25ClN4O3. The van der Waals surface area contributed by atoms with Gasteiger partial charge in [0.25, 0.3) is 5.69 Å². The van der Waals surface area contributed by atoms with Crippen LogP contribution in [0.25, 0.3) is 6.08 Å². The Labute approximate surface area is 169 Å². The number of carbonyl (C=O) groups excluding carboxylic acids is 1. The average Bonchev–Trinajstić information content (AvgIpc) is 2.91. The van der Waals surface area contributed by atoms with Crippen LogP contribution in [0.4, 0.5) is 5.69 Å². The fourth-order valence-electron chi connectivity index (χ4n) is 2.81. The van der Waals surface area contributed by atoms with Gasteiger partial charge in [-0.05, 0) is 31.4 Å². The quantitative estimate of drug-likeness (QED) is 0.382. The zero-order chi connectivity index (χ0) is 21.0. The molecule has 0 radical (unpaired) electrons. The molecule has 0 unspecified atom stereocenters. The molecule has 150 valence electrons. The molecule has 1 heterocycles. The van der Waals surface area contributed by atoms with Crippen molar-refractivity contribution in [1.82, 2.24) is 14.7 Å². The van der Waals surface area contributed by atoms with Crippen molar-refractivity contribution in [1.29, 1.82) is 0 Å². The number of likely N-dealkylation sites (N-methyl/N-ethyl adjacent to an activating group) is 1. The van der Waals surface area contributed by atoms with E-state index >= 15 is 0 Å². The summed E-state index contributed by atoms with van der Waals surface area (Å²) in [5, 5.41) is 15.9. The summed E-state index contributed by atoms with van der Waals surface area (Å²) in [6.07, 6.45) is 3.12. The first kappa shape index (κ1) is 21.6. The van der Waals surface area contributed by atoms with Gasteiger partial charge < -0.3 is 4.90 Å². The number of non-ortho nitro benzene ring substituents is 1. The van der Waals surface area contributed by atoms with Crippen LogP contribution in [0, 0.1) is 23.0 Å². The van der Waals surface area contributed by atoms with E-state index in [1.807, 2.05) is 13.8 Å². The topological polar surface area (TPSA) is 81.3 Å². The summed E-state index contributed by atoms with van der Waals surface area (Å²) in [7, 11) is 1.66. The molecule has 2 rings (SSSR count). The molecule has 0 aliphatic rings. The number of amides is 1. The highest BCUT2D eigenvalue weighted by atomic mass is 35.5. The van der Waals surface area contributed by atoms with Gasteiger partial charge in [0.1, 0.15) is 5.15 Å². The third kappa shape index (κ3) is 4.98. The minimum absolute atomic E-state index is 0.000661. The predicted octanol–water partition coefficient (Wildman–Crippen LogP) is 4.64. The lowest BCUT2D eigenvalue weighted by Crippen LogP contribution is -2.28. The number of benzene rings is 1. The molecule has 1 atom stereocenters. The van der Waals surface area contributed by atoms with E-state index in [2.05, 4.69) is 18.9 Å². The summed E-state index contributed by atoms with van der Waals surface area (Å²) in [6, 6.07) is 5.97. The summed E-state index contributed by atoms with van der Waals surface area (Å²) in [6.45, 7) is 8.53. The minimum atomic E-state index is -0.447. The lowest BCUT2D eigenvalue weighted by molar-refractivity contribution is -0.384. The molecule has 1 aromatic carbocycles. The maximum Gasteiger partial charge on any atom is 0.269 e. The van der Waals surface area contributed by atoms with E-state index in [1.54, 1.807) is 29.9 Å². The van der Waals surface area contributed by atoms with Crippen molar-refractivity contribution in [2.75, 3.05) is 7.05 Å². The number of halogens is 1. The molecular weight excluding hydrogens is 380 g/mol. The fourth-order valence-corrected chi connectivity index (χ4v) is 3.11. The highest BCUT2D eigenvalue weighted by molar-refractivity contribution is 6.31. The molecule has 0 spiro atoms. The second-order valence-corrected chi connectivity index (χ2v) is 7.53. The van der Waals surface area contributed by atoms with Gasteiger partial charge in [0.15, 0.2) is 0 Å². The molecule has 8 heteroatoms. The van der Waals surface area contributed by atoms with Gasteiger partial charge in [-0.1, -0.05) is 37.6 Å². The lowest BCUT2D eigenvalue weighted by Gasteiger charge is -2.24. The highest BCUT2D eigenvalue weighted by Gasteiger charge is 2.18. The number of rotatable bonds is 7. The Morgan fingerprint density at radius 2 is 2.07 bits per heavy atom. The molecule has 0 aliphatic heterocycles. The monoisotopic (exact) mass is 404 g/mol. The van der Waals surface area contributed by atoms with Gasteiger partial charge in [-0.3, -0.25) is 19.6 Å². The van der Waals surface area contributed by atoms with Crippen molar-refractivity contribution in [2.45, 2.75) is 40.3 Å². The molecule has 0 fully saturated rings. The molecule has 28 heavy (non-hydrogen) atoms. The largest absolute Gasteiger partial charge is 0.335 e. The fraction of sp³-hybridized carbons (Fsp3) is 0.400. The van der Waals surface area contributed by atoms with Gasteiger partial charge in [-0.25, -0.2) is 0 Å². The Morgan fingerprint density at radius 3 is 2.68 bits per heavy atom. The first-order valence-corrected chi connectivity index (χ1v) is 9.41. The van der Waals surface area contributed by atoms with Crippen LogP contribution in [0.5, 0.6) is 0 Å². The summed E-state index contributed by atoms with van der Waals surface area (Å²) in [5.74, 6) is 0.170. The maximum atomic E-state index is 12.6. The van der Waals surface area contributed by atoms with E-state index in [9.17, 15) is 14.9 Å². The zero-order valence-electron chi connectivity index (χ0n) is 16.7. The number of carbonyl (C=O) groups is 1. The van der Waals surface area contributed by atoms with E-state index < -0.39 is 4.92 Å². The van der Waals surface area contributed by atoms with Crippen LogP contribution in [0.15, 0.2) is 30.3 Å². The number of hydrogen-bond donors (Lipinski definition) is 0. The number of nitro groups is 1. The molecule has 0 aliphatic carbocycles. The first-order valence-electron chi connectivity index (χ1n) is 9.04. The van der Waals surface area contributed by atoms with Crippen molar-refractivity contribution in [2.24, 2.45) is 5.92 Å². The average molecular weight is 405 g/mol. The van der Waals surface area contributed by atoms with E-state index in [1.165, 1.54) is 23.1 Å². The molecule has 0 saturated heterocycles. The minimum Gasteiger partial charge on any atom is -0.335 e. The standard InChI is InChI=1S/C20H25ClN4O3/c1-13(2)12-24-20(21)18(14(3)22-24)9-10-19(26)23(5)15(4)16-7-6-8-17(11-16)25(27)28/h6-11,13,15H,12H2,1-5H3/b10-9+/t15-/m0/s1. The molecule has 0 N–H and O–H groups in total. The number of nitro benzene ring substituents is 1. The summed E-state index contributed by atoms with van der Waals surface area (Å²) in [4.78, 5) is 24.6. The lowest BCUT2D eigenvalue weighted by atomic mass is 10.1. The second-order valence-electron chi connectivity index (χ2n) is 7.18. The van der Waals surface area contributed by atoms with Crippen molar-refractivity contribution >= 4 is 29.3 Å². The Kier molecular flexibility index (Phi) is 6.96. The zero-order valence-corrected chi connectivity index (χ0v) is 17.5. The van der Waals surface area contributed by atoms with E-state index in [0.29, 0.717) is 28.7 Å². The van der Waals surface area contributed by atoms with Crippen molar-refractivity contribution < 1.29 is 9.72 Å². The number of hydrogen-bond acceptors (Lipinski definition) is 4. The number of nitrogens with zero attached hydrogens (tertiary/aromatic N) is 4. The molecule has 0 saturated carbocycles.